The fourth-order valence-electron chi connectivity index (χ4n) is 4.05. The van der Waals surface area contributed by atoms with Crippen molar-refractivity contribution in [3.05, 3.63) is 41.0 Å². The molecule has 0 N–H and O–H groups in total. The van der Waals surface area contributed by atoms with E-state index in [1.807, 2.05) is 46.8 Å². The second-order valence-corrected chi connectivity index (χ2v) is 8.05. The van der Waals surface area contributed by atoms with Crippen LogP contribution in [0.3, 0.4) is 0 Å². The fourth-order valence-corrected chi connectivity index (χ4v) is 4.24. The van der Waals surface area contributed by atoms with E-state index in [0.717, 1.165) is 43.3 Å². The number of carbonyl (C=O) groups is 2. The molecule has 0 unspecified atom stereocenters. The highest BCUT2D eigenvalue weighted by molar-refractivity contribution is 6.30. The molecule has 2 aliphatic heterocycles. The molecule has 0 radical (unpaired) electrons. The molecule has 0 saturated carbocycles. The topological polar surface area (TPSA) is 61.7 Å². The highest BCUT2D eigenvalue weighted by atomic mass is 35.5. The van der Waals surface area contributed by atoms with E-state index in [2.05, 4.69) is 10.00 Å². The molecule has 1 aromatic carbocycles. The molecule has 0 bridgehead atoms. The third-order valence-corrected chi connectivity index (χ3v) is 5.80. The Kier molecular flexibility index (Phi) is 5.76. The number of nitrogens with zero attached hydrogens (tertiary/aromatic N) is 5. The van der Waals surface area contributed by atoms with Gasteiger partial charge in [0.1, 0.15) is 5.82 Å². The Hall–Kier alpha value is -2.54. The van der Waals surface area contributed by atoms with Crippen LogP contribution in [0.4, 0.5) is 11.5 Å². The highest BCUT2D eigenvalue weighted by Crippen LogP contribution is 2.23. The number of benzene rings is 1. The van der Waals surface area contributed by atoms with E-state index < -0.39 is 0 Å². The van der Waals surface area contributed by atoms with Crippen LogP contribution in [0.1, 0.15) is 25.0 Å². The molecule has 4 rings (SSSR count). The monoisotopic (exact) mass is 415 g/mol. The summed E-state index contributed by atoms with van der Waals surface area (Å²) >= 11 is 6.08. The maximum atomic E-state index is 12.7. The molecular weight excluding hydrogens is 390 g/mol. The number of fused-ring (bicyclic) bond motifs is 1. The number of hydrogen-bond donors (Lipinski definition) is 0. The lowest BCUT2D eigenvalue weighted by Crippen LogP contribution is -2.49. The predicted molar refractivity (Wildman–Crippen MR) is 113 cm³/mol. The molecule has 154 valence electrons. The second-order valence-electron chi connectivity index (χ2n) is 7.61. The average molecular weight is 416 g/mol. The summed E-state index contributed by atoms with van der Waals surface area (Å²) in [6.45, 7) is 6.32. The van der Waals surface area contributed by atoms with E-state index >= 15 is 0 Å². The van der Waals surface area contributed by atoms with Crippen molar-refractivity contribution in [2.75, 3.05) is 42.5 Å². The highest BCUT2D eigenvalue weighted by Gasteiger charge is 2.26. The van der Waals surface area contributed by atoms with E-state index in [-0.39, 0.29) is 24.7 Å². The molecule has 0 spiro atoms. The number of aryl methyl sites for hydroxylation is 2. The molecule has 2 aromatic rings. The summed E-state index contributed by atoms with van der Waals surface area (Å²) in [5, 5.41) is 5.14. The number of piperazine rings is 1. The maximum Gasteiger partial charge on any atom is 0.228 e. The zero-order valence-corrected chi connectivity index (χ0v) is 17.4. The first-order valence-corrected chi connectivity index (χ1v) is 10.5. The Bertz CT molecular complexity index is 904. The van der Waals surface area contributed by atoms with Crippen molar-refractivity contribution in [3.8, 4) is 0 Å². The van der Waals surface area contributed by atoms with Gasteiger partial charge in [0.2, 0.25) is 11.8 Å². The van der Waals surface area contributed by atoms with Gasteiger partial charge in [-0.15, -0.1) is 0 Å². The lowest BCUT2D eigenvalue weighted by Gasteiger charge is -2.36. The Labute approximate surface area is 175 Å². The van der Waals surface area contributed by atoms with Crippen molar-refractivity contribution in [2.24, 2.45) is 0 Å². The molecule has 1 saturated heterocycles. The average Bonchev–Trinajstić information content (AvgIpc) is 3.12. The van der Waals surface area contributed by atoms with Crippen LogP contribution in [0.5, 0.6) is 0 Å². The van der Waals surface area contributed by atoms with Crippen LogP contribution in [-0.2, 0) is 16.1 Å². The molecule has 8 heteroatoms. The second kappa shape index (κ2) is 8.45. The fraction of sp³-hybridized carbons (Fsp3) is 0.476. The molecule has 2 amide bonds. The van der Waals surface area contributed by atoms with Gasteiger partial charge in [-0.05, 0) is 31.5 Å². The molecular formula is C21H26ClN5O2. The number of hydrogen-bond acceptors (Lipinski definition) is 4. The van der Waals surface area contributed by atoms with Crippen molar-refractivity contribution >= 4 is 34.9 Å². The number of carbonyl (C=O) groups excluding carboxylic acids is 2. The molecule has 0 aliphatic carbocycles. The predicted octanol–water partition coefficient (Wildman–Crippen LogP) is 2.71. The van der Waals surface area contributed by atoms with Crippen LogP contribution in [-0.4, -0.2) is 59.2 Å². The van der Waals surface area contributed by atoms with Crippen molar-refractivity contribution in [3.63, 3.8) is 0 Å². The van der Waals surface area contributed by atoms with E-state index in [1.54, 1.807) is 4.90 Å². The first-order chi connectivity index (χ1) is 14.0. The summed E-state index contributed by atoms with van der Waals surface area (Å²) in [7, 11) is 0. The molecule has 3 heterocycles. The standard InChI is InChI=1S/C21H26ClN5O2/c1-16-14-19-26(8-3-9-27(19)23-16)21(29)7-6-20(28)25-12-10-24(11-13-25)18-5-2-4-17(22)15-18/h2,4-5,14-15H,3,6-13H2,1H3. The van der Waals surface area contributed by atoms with Gasteiger partial charge in [-0.2, -0.15) is 5.10 Å². The van der Waals surface area contributed by atoms with Gasteiger partial charge in [-0.25, -0.2) is 4.68 Å². The minimum Gasteiger partial charge on any atom is -0.368 e. The van der Waals surface area contributed by atoms with E-state index in [9.17, 15) is 9.59 Å². The van der Waals surface area contributed by atoms with Crippen molar-refractivity contribution < 1.29 is 9.59 Å². The van der Waals surface area contributed by atoms with Crippen LogP contribution < -0.4 is 9.80 Å². The third kappa shape index (κ3) is 4.40. The quantitative estimate of drug-likeness (QED) is 0.770. The van der Waals surface area contributed by atoms with Crippen molar-refractivity contribution in [1.29, 1.82) is 0 Å². The Balaban J connectivity index is 1.28. The van der Waals surface area contributed by atoms with Crippen molar-refractivity contribution in [1.82, 2.24) is 14.7 Å². The summed E-state index contributed by atoms with van der Waals surface area (Å²) in [5.74, 6) is 0.892. The molecule has 1 aromatic heterocycles. The number of halogens is 1. The van der Waals surface area contributed by atoms with E-state index in [4.69, 9.17) is 11.6 Å². The van der Waals surface area contributed by atoms with Crippen LogP contribution in [0, 0.1) is 6.92 Å². The zero-order valence-electron chi connectivity index (χ0n) is 16.7. The van der Waals surface area contributed by atoms with Crippen LogP contribution in [0.15, 0.2) is 30.3 Å². The van der Waals surface area contributed by atoms with Gasteiger partial charge in [0.05, 0.1) is 5.69 Å². The lowest BCUT2D eigenvalue weighted by atomic mass is 10.2. The minimum absolute atomic E-state index is 0.00300. The van der Waals surface area contributed by atoms with Gasteiger partial charge < -0.3 is 9.80 Å². The number of rotatable bonds is 4. The first-order valence-electron chi connectivity index (χ1n) is 10.1. The minimum atomic E-state index is -0.00300. The maximum absolute atomic E-state index is 12.7. The van der Waals surface area contributed by atoms with Gasteiger partial charge in [-0.1, -0.05) is 17.7 Å². The summed E-state index contributed by atoms with van der Waals surface area (Å²) < 4.78 is 1.88. The normalized spacial score (nSPS) is 16.7. The smallest absolute Gasteiger partial charge is 0.228 e. The zero-order chi connectivity index (χ0) is 20.4. The van der Waals surface area contributed by atoms with Gasteiger partial charge in [-0.3, -0.25) is 14.5 Å². The lowest BCUT2D eigenvalue weighted by molar-refractivity contribution is -0.133. The first kappa shape index (κ1) is 19.8. The van der Waals surface area contributed by atoms with Crippen LogP contribution >= 0.6 is 11.6 Å². The molecule has 29 heavy (non-hydrogen) atoms. The third-order valence-electron chi connectivity index (χ3n) is 5.57. The van der Waals surface area contributed by atoms with Gasteiger partial charge >= 0.3 is 0 Å². The van der Waals surface area contributed by atoms with Gasteiger partial charge in [0, 0.05) is 68.9 Å². The number of aromatic nitrogens is 2. The van der Waals surface area contributed by atoms with Crippen molar-refractivity contribution in [2.45, 2.75) is 32.7 Å². The number of anilines is 2. The SMILES string of the molecule is Cc1cc2n(n1)CCCN2C(=O)CCC(=O)N1CCN(c2cccc(Cl)c2)CC1. The molecule has 0 atom stereocenters. The van der Waals surface area contributed by atoms with E-state index in [0.29, 0.717) is 24.7 Å². The summed E-state index contributed by atoms with van der Waals surface area (Å²) in [6.07, 6.45) is 1.37. The Morgan fingerprint density at radius 2 is 1.76 bits per heavy atom. The van der Waals surface area contributed by atoms with Gasteiger partial charge in [0.25, 0.3) is 0 Å². The summed E-state index contributed by atoms with van der Waals surface area (Å²) in [5.41, 5.74) is 1.99. The summed E-state index contributed by atoms with van der Waals surface area (Å²) in [6, 6.07) is 9.72. The molecule has 2 aliphatic rings. The van der Waals surface area contributed by atoms with E-state index in [1.165, 1.54) is 0 Å². The van der Waals surface area contributed by atoms with Crippen LogP contribution in [0.2, 0.25) is 5.02 Å². The molecule has 1 fully saturated rings. The largest absolute Gasteiger partial charge is 0.368 e. The Morgan fingerprint density at radius 3 is 2.52 bits per heavy atom. The molecule has 7 nitrogen and oxygen atoms in total. The van der Waals surface area contributed by atoms with Gasteiger partial charge in [0.15, 0.2) is 0 Å². The number of amides is 2. The Morgan fingerprint density at radius 1 is 1.00 bits per heavy atom. The summed E-state index contributed by atoms with van der Waals surface area (Å²) in [4.78, 5) is 31.2. The van der Waals surface area contributed by atoms with Crippen LogP contribution in [0.25, 0.3) is 0 Å².